The molecule has 0 saturated heterocycles. The van der Waals surface area contributed by atoms with Gasteiger partial charge in [-0.05, 0) is 25.2 Å². The Kier molecular flexibility index (Phi) is 6.02. The molecule has 0 aromatic heterocycles. The van der Waals surface area contributed by atoms with E-state index in [1.807, 2.05) is 6.92 Å². The van der Waals surface area contributed by atoms with Crippen molar-refractivity contribution in [3.63, 3.8) is 0 Å². The molecule has 0 spiro atoms. The number of rotatable bonds is 5. The molecule has 0 radical (unpaired) electrons. The Balaban J connectivity index is 2.49. The predicted octanol–water partition coefficient (Wildman–Crippen LogP) is 0.772. The lowest BCUT2D eigenvalue weighted by Crippen LogP contribution is -2.40. The van der Waals surface area contributed by atoms with Gasteiger partial charge in [0, 0.05) is 19.1 Å². The van der Waals surface area contributed by atoms with Gasteiger partial charge in [-0.25, -0.2) is 4.99 Å². The third-order valence-corrected chi connectivity index (χ3v) is 3.23. The zero-order valence-electron chi connectivity index (χ0n) is 12.7. The Labute approximate surface area is 127 Å². The van der Waals surface area contributed by atoms with Gasteiger partial charge in [-0.2, -0.15) is 0 Å². The molecule has 5 nitrogen and oxygen atoms in total. The van der Waals surface area contributed by atoms with Crippen molar-refractivity contribution in [1.29, 1.82) is 0 Å². The van der Waals surface area contributed by atoms with Gasteiger partial charge >= 0.3 is 0 Å². The van der Waals surface area contributed by atoms with Gasteiger partial charge in [-0.1, -0.05) is 25.3 Å². The van der Waals surface area contributed by atoms with Gasteiger partial charge in [0.15, 0.2) is 0 Å². The van der Waals surface area contributed by atoms with E-state index in [1.165, 1.54) is 0 Å². The van der Waals surface area contributed by atoms with Crippen LogP contribution in [0.15, 0.2) is 22.4 Å². The molecule has 5 N–H and O–H groups in total. The molecule has 1 aliphatic heterocycles. The molecule has 21 heavy (non-hydrogen) atoms. The van der Waals surface area contributed by atoms with Crippen LogP contribution in [0, 0.1) is 23.7 Å². The van der Waals surface area contributed by atoms with E-state index in [1.54, 1.807) is 12.6 Å². The summed E-state index contributed by atoms with van der Waals surface area (Å²) in [6, 6.07) is 0. The Morgan fingerprint density at radius 3 is 2.86 bits per heavy atom. The summed E-state index contributed by atoms with van der Waals surface area (Å²) in [6.45, 7) is 8.31. The first-order chi connectivity index (χ1) is 9.89. The maximum Gasteiger partial charge on any atom is 0.115 e. The molecule has 0 saturated carbocycles. The topological polar surface area (TPSA) is 88.8 Å². The molecule has 2 unspecified atom stereocenters. The van der Waals surface area contributed by atoms with Crippen molar-refractivity contribution in [3.8, 4) is 23.7 Å². The smallest absolute Gasteiger partial charge is 0.115 e. The first-order valence-corrected chi connectivity index (χ1v) is 6.89. The van der Waals surface area contributed by atoms with Crippen molar-refractivity contribution in [2.75, 3.05) is 6.54 Å². The fourth-order valence-corrected chi connectivity index (χ4v) is 1.61. The largest absolute Gasteiger partial charge is 0.384 e. The van der Waals surface area contributed by atoms with Crippen molar-refractivity contribution in [2.45, 2.75) is 44.2 Å². The minimum atomic E-state index is -0.593. The standard InChI is InChI=1S/C16H23N5/c1-4-16(18,12-20-14(2)17)10-8-6-5-7-9-15(3)11-19-13-21-15/h12-13H,2,4,9-11,17-18H2,1,3H3,(H,19,21). The predicted molar refractivity (Wildman–Crippen MR) is 88.7 cm³/mol. The van der Waals surface area contributed by atoms with Gasteiger partial charge in [0.1, 0.15) is 5.82 Å². The summed E-state index contributed by atoms with van der Waals surface area (Å²) in [5.74, 6) is 11.9. The maximum atomic E-state index is 6.16. The number of nitrogens with one attached hydrogen (secondary N) is 1. The maximum absolute atomic E-state index is 6.16. The highest BCUT2D eigenvalue weighted by molar-refractivity contribution is 5.71. The van der Waals surface area contributed by atoms with Gasteiger partial charge in [-0.3, -0.25) is 4.99 Å². The van der Waals surface area contributed by atoms with Crippen LogP contribution in [0.3, 0.4) is 0 Å². The second-order valence-corrected chi connectivity index (χ2v) is 5.47. The Hall–Kier alpha value is -2.24. The summed E-state index contributed by atoms with van der Waals surface area (Å²) in [7, 11) is 0. The number of nitrogens with zero attached hydrogens (tertiary/aromatic N) is 2. The highest BCUT2D eigenvalue weighted by Crippen LogP contribution is 2.11. The summed E-state index contributed by atoms with van der Waals surface area (Å²) >= 11 is 0. The van der Waals surface area contributed by atoms with E-state index < -0.39 is 5.54 Å². The number of hydrogen-bond acceptors (Lipinski definition) is 5. The summed E-state index contributed by atoms with van der Waals surface area (Å²) < 4.78 is 0. The molecule has 0 aromatic rings. The van der Waals surface area contributed by atoms with Crippen LogP contribution in [0.2, 0.25) is 0 Å². The summed E-state index contributed by atoms with van der Waals surface area (Å²) in [5, 5.41) is 3.18. The second-order valence-electron chi connectivity index (χ2n) is 5.47. The quantitative estimate of drug-likeness (QED) is 0.515. The third-order valence-electron chi connectivity index (χ3n) is 3.23. The normalized spacial score (nSPS) is 22.6. The summed E-state index contributed by atoms with van der Waals surface area (Å²) in [5.41, 5.74) is 10.9. The highest BCUT2D eigenvalue weighted by Gasteiger charge is 2.24. The monoisotopic (exact) mass is 285 g/mol. The molecular weight excluding hydrogens is 262 g/mol. The van der Waals surface area contributed by atoms with Gasteiger partial charge in [-0.15, -0.1) is 0 Å². The van der Waals surface area contributed by atoms with Crippen LogP contribution < -0.4 is 16.8 Å². The lowest BCUT2D eigenvalue weighted by Gasteiger charge is -2.20. The first-order valence-electron chi connectivity index (χ1n) is 6.89. The van der Waals surface area contributed by atoms with E-state index in [-0.39, 0.29) is 11.4 Å². The van der Waals surface area contributed by atoms with Crippen LogP contribution in [0.5, 0.6) is 0 Å². The van der Waals surface area contributed by atoms with Crippen LogP contribution in [0.25, 0.3) is 0 Å². The van der Waals surface area contributed by atoms with E-state index in [0.29, 0.717) is 19.3 Å². The molecule has 0 aliphatic carbocycles. The Morgan fingerprint density at radius 2 is 2.29 bits per heavy atom. The van der Waals surface area contributed by atoms with Crippen molar-refractivity contribution < 1.29 is 0 Å². The van der Waals surface area contributed by atoms with Crippen molar-refractivity contribution in [3.05, 3.63) is 12.4 Å². The zero-order chi connectivity index (χ0) is 15.8. The zero-order valence-corrected chi connectivity index (χ0v) is 12.7. The lowest BCUT2D eigenvalue weighted by atomic mass is 9.95. The second kappa shape index (κ2) is 7.52. The number of hydrogen-bond donors (Lipinski definition) is 3. The number of nitrogens with two attached hydrogens (primary N) is 2. The third kappa shape index (κ3) is 6.16. The van der Waals surface area contributed by atoms with Gasteiger partial charge in [0.2, 0.25) is 0 Å². The van der Waals surface area contributed by atoms with Crippen LogP contribution in [-0.2, 0) is 0 Å². The average Bonchev–Trinajstić information content (AvgIpc) is 2.87. The Morgan fingerprint density at radius 1 is 1.57 bits per heavy atom. The van der Waals surface area contributed by atoms with E-state index in [9.17, 15) is 0 Å². The number of aliphatic imine (C=N–C) groups is 2. The SMILES string of the molecule is C=C(N)N=CC(N)(CC)CC#CC#CCC1(C)CN=CN1. The van der Waals surface area contributed by atoms with Crippen LogP contribution in [0.4, 0.5) is 0 Å². The minimum Gasteiger partial charge on any atom is -0.384 e. The molecule has 0 fully saturated rings. The van der Waals surface area contributed by atoms with E-state index >= 15 is 0 Å². The van der Waals surface area contributed by atoms with Crippen LogP contribution in [-0.4, -0.2) is 30.2 Å². The summed E-state index contributed by atoms with van der Waals surface area (Å²) in [6.07, 6.45) is 5.23. The molecule has 0 amide bonds. The molecule has 2 atom stereocenters. The van der Waals surface area contributed by atoms with E-state index in [2.05, 4.69) is 52.5 Å². The van der Waals surface area contributed by atoms with Crippen LogP contribution in [0.1, 0.15) is 33.1 Å². The molecule has 0 bridgehead atoms. The van der Waals surface area contributed by atoms with Gasteiger partial charge < -0.3 is 16.8 Å². The fraction of sp³-hybridized carbons (Fsp3) is 0.500. The molecule has 1 heterocycles. The average molecular weight is 285 g/mol. The summed E-state index contributed by atoms with van der Waals surface area (Å²) in [4.78, 5) is 8.09. The molecular formula is C16H23N5. The first kappa shape index (κ1) is 16.8. The van der Waals surface area contributed by atoms with E-state index in [0.717, 1.165) is 6.54 Å². The molecule has 0 aromatic carbocycles. The van der Waals surface area contributed by atoms with Crippen LogP contribution >= 0.6 is 0 Å². The molecule has 112 valence electrons. The van der Waals surface area contributed by atoms with E-state index in [4.69, 9.17) is 11.5 Å². The van der Waals surface area contributed by atoms with Gasteiger partial charge in [0.25, 0.3) is 0 Å². The lowest BCUT2D eigenvalue weighted by molar-refractivity contribution is 0.471. The molecule has 1 aliphatic rings. The molecule has 1 rings (SSSR count). The fourth-order valence-electron chi connectivity index (χ4n) is 1.61. The highest BCUT2D eigenvalue weighted by atomic mass is 15.1. The van der Waals surface area contributed by atoms with Crippen molar-refractivity contribution in [2.24, 2.45) is 21.5 Å². The minimum absolute atomic E-state index is 0.0656. The van der Waals surface area contributed by atoms with Gasteiger partial charge in [0.05, 0.1) is 24.0 Å². The Bertz CT molecular complexity index is 545. The van der Waals surface area contributed by atoms with Crippen molar-refractivity contribution in [1.82, 2.24) is 5.32 Å². The van der Waals surface area contributed by atoms with Crippen molar-refractivity contribution >= 4 is 12.6 Å². The molecule has 5 heteroatoms.